The molecule has 0 unspecified atom stereocenters. The number of carbonyl (C=O) groups excluding carboxylic acids is 1. The van der Waals surface area contributed by atoms with E-state index in [-0.39, 0.29) is 0 Å². The molecule has 0 aliphatic carbocycles. The summed E-state index contributed by atoms with van der Waals surface area (Å²) in [5.74, 6) is -1.80. The second-order valence-corrected chi connectivity index (χ2v) is 6.66. The first-order chi connectivity index (χ1) is 12.9. The van der Waals surface area contributed by atoms with Gasteiger partial charge in [-0.1, -0.05) is 18.2 Å². The summed E-state index contributed by atoms with van der Waals surface area (Å²) >= 11 is 0. The van der Waals surface area contributed by atoms with E-state index >= 15 is 0 Å². The van der Waals surface area contributed by atoms with E-state index in [1.165, 1.54) is 4.90 Å². The van der Waals surface area contributed by atoms with Gasteiger partial charge >= 0.3 is 0 Å². The van der Waals surface area contributed by atoms with Gasteiger partial charge in [0.05, 0.1) is 5.56 Å². The van der Waals surface area contributed by atoms with E-state index in [9.17, 15) is 18.0 Å². The molecule has 0 bridgehead atoms. The normalized spacial score (nSPS) is 19.0. The summed E-state index contributed by atoms with van der Waals surface area (Å²) in [5.41, 5.74) is 1.74. The highest BCUT2D eigenvalue weighted by Crippen LogP contribution is 2.42. The van der Waals surface area contributed by atoms with Gasteiger partial charge < -0.3 is 9.88 Å². The maximum Gasteiger partial charge on any atom is 0.299 e. The van der Waals surface area contributed by atoms with Crippen molar-refractivity contribution in [2.45, 2.75) is 25.4 Å². The molecule has 2 atom stereocenters. The van der Waals surface area contributed by atoms with Crippen LogP contribution in [0.1, 0.15) is 29.8 Å². The minimum Gasteiger partial charge on any atom is -0.356 e. The fourth-order valence-electron chi connectivity index (χ4n) is 3.95. The van der Waals surface area contributed by atoms with Crippen LogP contribution in [-0.4, -0.2) is 21.8 Å². The van der Waals surface area contributed by atoms with E-state index in [2.05, 4.69) is 4.98 Å². The van der Waals surface area contributed by atoms with Gasteiger partial charge in [0, 0.05) is 34.8 Å². The molecule has 2 aromatic carbocycles. The van der Waals surface area contributed by atoms with Crippen molar-refractivity contribution < 1.29 is 18.0 Å². The SMILES string of the molecule is C#CC(=O)N1[C@@H](c2c(F)cc(F)cc2F)c2[nH]c3ccccc3c2C[C@@H]1C. The number of hydrogen-bond donors (Lipinski definition) is 1. The lowest BCUT2D eigenvalue weighted by Crippen LogP contribution is -2.46. The van der Waals surface area contributed by atoms with Crippen molar-refractivity contribution in [2.24, 2.45) is 0 Å². The van der Waals surface area contributed by atoms with Crippen molar-refractivity contribution in [1.29, 1.82) is 0 Å². The predicted octanol–water partition coefficient (Wildman–Crippen LogP) is 4.08. The van der Waals surface area contributed by atoms with Gasteiger partial charge in [0.25, 0.3) is 5.91 Å². The second kappa shape index (κ2) is 6.20. The fraction of sp³-hybridized carbons (Fsp3) is 0.190. The molecule has 0 fully saturated rings. The van der Waals surface area contributed by atoms with Crippen LogP contribution in [-0.2, 0) is 11.2 Å². The summed E-state index contributed by atoms with van der Waals surface area (Å²) < 4.78 is 42.7. The molecule has 2 heterocycles. The highest BCUT2D eigenvalue weighted by atomic mass is 19.1. The summed E-state index contributed by atoms with van der Waals surface area (Å²) in [7, 11) is 0. The molecule has 1 aromatic heterocycles. The number of carbonyl (C=O) groups is 1. The Morgan fingerprint density at radius 1 is 1.22 bits per heavy atom. The Balaban J connectivity index is 2.04. The predicted molar refractivity (Wildman–Crippen MR) is 95.3 cm³/mol. The maximum atomic E-state index is 14.6. The number of H-pyrrole nitrogens is 1. The maximum absolute atomic E-state index is 14.6. The van der Waals surface area contributed by atoms with E-state index in [0.29, 0.717) is 24.2 Å². The first-order valence-electron chi connectivity index (χ1n) is 8.45. The first kappa shape index (κ1) is 17.2. The van der Waals surface area contributed by atoms with Gasteiger partial charge in [-0.05, 0) is 30.9 Å². The Morgan fingerprint density at radius 2 is 1.89 bits per heavy atom. The third kappa shape index (κ3) is 2.58. The molecule has 1 amide bonds. The Morgan fingerprint density at radius 3 is 2.56 bits per heavy atom. The van der Waals surface area contributed by atoms with Crippen LogP contribution >= 0.6 is 0 Å². The largest absolute Gasteiger partial charge is 0.356 e. The minimum absolute atomic E-state index is 0.394. The number of para-hydroxylation sites is 1. The number of halogens is 3. The molecule has 6 heteroatoms. The van der Waals surface area contributed by atoms with Crippen LogP contribution in [0.3, 0.4) is 0 Å². The summed E-state index contributed by atoms with van der Waals surface area (Å²) in [6, 6.07) is 7.18. The summed E-state index contributed by atoms with van der Waals surface area (Å²) in [6.07, 6.45) is 5.78. The van der Waals surface area contributed by atoms with Crippen LogP contribution in [0, 0.1) is 29.8 Å². The van der Waals surface area contributed by atoms with Gasteiger partial charge in [0.15, 0.2) is 0 Å². The molecule has 27 heavy (non-hydrogen) atoms. The number of benzene rings is 2. The number of aromatic amines is 1. The van der Waals surface area contributed by atoms with Gasteiger partial charge in [0.1, 0.15) is 23.5 Å². The molecule has 1 N–H and O–H groups in total. The van der Waals surface area contributed by atoms with Crippen LogP contribution in [0.15, 0.2) is 36.4 Å². The molecule has 4 rings (SSSR count). The topological polar surface area (TPSA) is 36.1 Å². The van der Waals surface area contributed by atoms with Crippen molar-refractivity contribution >= 4 is 16.8 Å². The third-order valence-electron chi connectivity index (χ3n) is 5.05. The first-order valence-corrected chi connectivity index (χ1v) is 8.45. The van der Waals surface area contributed by atoms with E-state index in [0.717, 1.165) is 16.5 Å². The average molecular weight is 368 g/mol. The molecule has 0 saturated carbocycles. The average Bonchev–Trinajstić information content (AvgIpc) is 2.98. The van der Waals surface area contributed by atoms with E-state index in [4.69, 9.17) is 6.42 Å². The summed E-state index contributed by atoms with van der Waals surface area (Å²) in [4.78, 5) is 16.9. The lowest BCUT2D eigenvalue weighted by molar-refractivity contribution is -0.129. The monoisotopic (exact) mass is 368 g/mol. The van der Waals surface area contributed by atoms with Gasteiger partial charge in [-0.3, -0.25) is 4.79 Å². The van der Waals surface area contributed by atoms with Crippen LogP contribution in [0.25, 0.3) is 10.9 Å². The molecule has 3 aromatic rings. The van der Waals surface area contributed by atoms with Gasteiger partial charge in [-0.25, -0.2) is 13.2 Å². The zero-order valence-corrected chi connectivity index (χ0v) is 14.4. The molecular formula is C21H15F3N2O. The number of fused-ring (bicyclic) bond motifs is 3. The Bertz CT molecular complexity index is 1090. The third-order valence-corrected chi connectivity index (χ3v) is 5.05. The minimum atomic E-state index is -1.11. The highest BCUT2D eigenvalue weighted by molar-refractivity contribution is 5.94. The molecule has 0 spiro atoms. The summed E-state index contributed by atoms with van der Waals surface area (Å²) in [5, 5.41) is 0.917. The Kier molecular flexibility index (Phi) is 3.96. The quantitative estimate of drug-likeness (QED) is 0.646. The zero-order chi connectivity index (χ0) is 19.3. The lowest BCUT2D eigenvalue weighted by atomic mass is 9.88. The van der Waals surface area contributed by atoms with Crippen LogP contribution < -0.4 is 0 Å². The van der Waals surface area contributed by atoms with Crippen molar-refractivity contribution in [3.8, 4) is 12.3 Å². The van der Waals surface area contributed by atoms with Crippen molar-refractivity contribution in [3.05, 3.63) is 70.7 Å². The van der Waals surface area contributed by atoms with E-state index in [1.54, 1.807) is 6.92 Å². The van der Waals surface area contributed by atoms with Gasteiger partial charge in [0.2, 0.25) is 0 Å². The van der Waals surface area contributed by atoms with Gasteiger partial charge in [-0.15, -0.1) is 6.42 Å². The van der Waals surface area contributed by atoms with Crippen molar-refractivity contribution in [1.82, 2.24) is 9.88 Å². The fourth-order valence-corrected chi connectivity index (χ4v) is 3.95. The molecule has 1 aliphatic rings. The molecule has 136 valence electrons. The number of rotatable bonds is 1. The van der Waals surface area contributed by atoms with Crippen molar-refractivity contribution in [3.63, 3.8) is 0 Å². The number of hydrogen-bond acceptors (Lipinski definition) is 1. The number of nitrogens with one attached hydrogen (secondary N) is 1. The standard InChI is InChI=1S/C21H15F3N2O/c1-3-18(27)26-11(2)8-14-13-6-4-5-7-17(13)25-20(14)21(26)19-15(23)9-12(22)10-16(19)24/h1,4-7,9-11,21,25H,8H2,2H3/t11-,21-/m0/s1. The highest BCUT2D eigenvalue weighted by Gasteiger charge is 2.40. The zero-order valence-electron chi connectivity index (χ0n) is 14.4. The van der Waals surface area contributed by atoms with Crippen LogP contribution in [0.4, 0.5) is 13.2 Å². The number of amides is 1. The number of nitrogens with zero attached hydrogens (tertiary/aromatic N) is 1. The van der Waals surface area contributed by atoms with Crippen LogP contribution in [0.5, 0.6) is 0 Å². The number of aromatic nitrogens is 1. The molecule has 1 aliphatic heterocycles. The van der Waals surface area contributed by atoms with E-state index < -0.39 is 41.0 Å². The van der Waals surface area contributed by atoms with Gasteiger partial charge in [-0.2, -0.15) is 0 Å². The smallest absolute Gasteiger partial charge is 0.299 e. The molecule has 0 saturated heterocycles. The summed E-state index contributed by atoms with van der Waals surface area (Å²) in [6.45, 7) is 1.77. The number of terminal acetylenes is 1. The van der Waals surface area contributed by atoms with Crippen molar-refractivity contribution in [2.75, 3.05) is 0 Å². The van der Waals surface area contributed by atoms with E-state index in [1.807, 2.05) is 30.2 Å². The Hall–Kier alpha value is -3.20. The molecule has 3 nitrogen and oxygen atoms in total. The molecular weight excluding hydrogens is 353 g/mol. The van der Waals surface area contributed by atoms with Crippen LogP contribution in [0.2, 0.25) is 0 Å². The second-order valence-electron chi connectivity index (χ2n) is 6.66. The lowest BCUT2D eigenvalue weighted by Gasteiger charge is -2.40. The molecule has 0 radical (unpaired) electrons. The Labute approximate surface area is 153 Å².